The molecule has 1 aliphatic rings. The molecule has 0 aliphatic carbocycles. The SMILES string of the molecule is CCC1C(=O)NCCN1c1nc(NC)nc(N(C)C)n1. The summed E-state index contributed by atoms with van der Waals surface area (Å²) in [6.07, 6.45) is 0.712. The van der Waals surface area contributed by atoms with E-state index in [0.717, 1.165) is 0 Å². The number of carbonyl (C=O) groups is 1. The van der Waals surface area contributed by atoms with Crippen molar-refractivity contribution < 1.29 is 4.79 Å². The minimum absolute atomic E-state index is 0.0246. The predicted molar refractivity (Wildman–Crippen MR) is 78.1 cm³/mol. The molecule has 1 aliphatic heterocycles. The highest BCUT2D eigenvalue weighted by molar-refractivity contribution is 5.85. The fourth-order valence-corrected chi connectivity index (χ4v) is 2.15. The Balaban J connectivity index is 2.39. The molecule has 1 aromatic rings. The van der Waals surface area contributed by atoms with E-state index in [2.05, 4.69) is 25.6 Å². The molecule has 1 unspecified atom stereocenters. The summed E-state index contributed by atoms with van der Waals surface area (Å²) >= 11 is 0. The molecule has 1 fully saturated rings. The quantitative estimate of drug-likeness (QED) is 0.782. The van der Waals surface area contributed by atoms with Crippen molar-refractivity contribution in [3.05, 3.63) is 0 Å². The van der Waals surface area contributed by atoms with Gasteiger partial charge in [0.05, 0.1) is 0 Å². The minimum Gasteiger partial charge on any atom is -0.357 e. The summed E-state index contributed by atoms with van der Waals surface area (Å²) in [6, 6.07) is -0.231. The number of hydrogen-bond donors (Lipinski definition) is 2. The Bertz CT molecular complexity index is 491. The van der Waals surface area contributed by atoms with Crippen LogP contribution in [0.4, 0.5) is 17.8 Å². The van der Waals surface area contributed by atoms with E-state index in [1.165, 1.54) is 0 Å². The average molecular weight is 279 g/mol. The van der Waals surface area contributed by atoms with Gasteiger partial charge in [0, 0.05) is 34.2 Å². The number of nitrogens with one attached hydrogen (secondary N) is 2. The summed E-state index contributed by atoms with van der Waals surface area (Å²) in [6.45, 7) is 3.28. The lowest BCUT2D eigenvalue weighted by atomic mass is 10.1. The van der Waals surface area contributed by atoms with Gasteiger partial charge in [0.15, 0.2) is 0 Å². The third-order valence-corrected chi connectivity index (χ3v) is 3.21. The van der Waals surface area contributed by atoms with Crippen LogP contribution in [0.25, 0.3) is 0 Å². The maximum Gasteiger partial charge on any atom is 0.242 e. The first-order valence-electron chi connectivity index (χ1n) is 6.72. The van der Waals surface area contributed by atoms with Crippen molar-refractivity contribution in [1.82, 2.24) is 20.3 Å². The van der Waals surface area contributed by atoms with Gasteiger partial charge >= 0.3 is 0 Å². The van der Waals surface area contributed by atoms with Gasteiger partial charge in [0.2, 0.25) is 23.8 Å². The monoisotopic (exact) mass is 279 g/mol. The molecule has 0 aromatic carbocycles. The first-order valence-corrected chi connectivity index (χ1v) is 6.72. The predicted octanol–water partition coefficient (Wildman–Crippen LogP) is -0.306. The molecular weight excluding hydrogens is 258 g/mol. The number of nitrogens with zero attached hydrogens (tertiary/aromatic N) is 5. The first-order chi connectivity index (χ1) is 9.56. The van der Waals surface area contributed by atoms with Crippen LogP contribution in [0.5, 0.6) is 0 Å². The topological polar surface area (TPSA) is 86.3 Å². The van der Waals surface area contributed by atoms with Crippen LogP contribution in [0.2, 0.25) is 0 Å². The van der Waals surface area contributed by atoms with Crippen molar-refractivity contribution in [2.75, 3.05) is 49.3 Å². The number of aromatic nitrogens is 3. The van der Waals surface area contributed by atoms with Crippen molar-refractivity contribution >= 4 is 23.8 Å². The van der Waals surface area contributed by atoms with Gasteiger partial charge in [-0.25, -0.2) is 0 Å². The van der Waals surface area contributed by atoms with Gasteiger partial charge in [0.1, 0.15) is 6.04 Å². The number of rotatable bonds is 4. The van der Waals surface area contributed by atoms with Crippen molar-refractivity contribution in [2.45, 2.75) is 19.4 Å². The summed E-state index contributed by atoms with van der Waals surface area (Å²) in [5, 5.41) is 5.80. The molecular formula is C12H21N7O. The van der Waals surface area contributed by atoms with E-state index in [0.29, 0.717) is 37.4 Å². The maximum absolute atomic E-state index is 11.9. The first kappa shape index (κ1) is 14.3. The van der Waals surface area contributed by atoms with Crippen molar-refractivity contribution in [3.63, 3.8) is 0 Å². The molecule has 0 bridgehead atoms. The Labute approximate surface area is 118 Å². The summed E-state index contributed by atoms with van der Waals surface area (Å²) < 4.78 is 0. The molecule has 20 heavy (non-hydrogen) atoms. The highest BCUT2D eigenvalue weighted by Gasteiger charge is 2.30. The fourth-order valence-electron chi connectivity index (χ4n) is 2.15. The lowest BCUT2D eigenvalue weighted by Gasteiger charge is -2.34. The molecule has 1 saturated heterocycles. The van der Waals surface area contributed by atoms with E-state index in [-0.39, 0.29) is 11.9 Å². The minimum atomic E-state index is -0.231. The highest BCUT2D eigenvalue weighted by atomic mass is 16.2. The Morgan fingerprint density at radius 1 is 1.40 bits per heavy atom. The van der Waals surface area contributed by atoms with Crippen LogP contribution in [-0.4, -0.2) is 61.1 Å². The van der Waals surface area contributed by atoms with E-state index >= 15 is 0 Å². The van der Waals surface area contributed by atoms with Crippen LogP contribution in [0, 0.1) is 0 Å². The summed E-state index contributed by atoms with van der Waals surface area (Å²) in [7, 11) is 5.51. The standard InChI is InChI=1S/C12H21N7O/c1-5-8-9(20)14-6-7-19(8)12-16-10(13-2)15-11(17-12)18(3)4/h8H,5-7H2,1-4H3,(H,14,20)(H,13,15,16,17). The molecule has 2 rings (SSSR count). The zero-order chi connectivity index (χ0) is 14.7. The maximum atomic E-state index is 11.9. The van der Waals surface area contributed by atoms with Crippen molar-refractivity contribution in [1.29, 1.82) is 0 Å². The summed E-state index contributed by atoms with van der Waals surface area (Å²) in [5.41, 5.74) is 0. The van der Waals surface area contributed by atoms with E-state index in [4.69, 9.17) is 0 Å². The van der Waals surface area contributed by atoms with Crippen molar-refractivity contribution in [2.24, 2.45) is 0 Å². The van der Waals surface area contributed by atoms with Crippen LogP contribution in [0.1, 0.15) is 13.3 Å². The van der Waals surface area contributed by atoms with Crippen LogP contribution in [0.15, 0.2) is 0 Å². The molecule has 2 N–H and O–H groups in total. The van der Waals surface area contributed by atoms with E-state index in [1.54, 1.807) is 7.05 Å². The zero-order valence-electron chi connectivity index (χ0n) is 12.3. The van der Waals surface area contributed by atoms with Gasteiger partial charge in [-0.3, -0.25) is 4.79 Å². The van der Waals surface area contributed by atoms with Gasteiger partial charge in [-0.1, -0.05) is 6.92 Å². The molecule has 0 radical (unpaired) electrons. The third-order valence-electron chi connectivity index (χ3n) is 3.21. The largest absolute Gasteiger partial charge is 0.357 e. The van der Waals surface area contributed by atoms with E-state index < -0.39 is 0 Å². The smallest absolute Gasteiger partial charge is 0.242 e. The number of amides is 1. The van der Waals surface area contributed by atoms with Gasteiger partial charge in [0.25, 0.3) is 0 Å². The number of carbonyl (C=O) groups excluding carboxylic acids is 1. The van der Waals surface area contributed by atoms with Gasteiger partial charge < -0.3 is 20.4 Å². The van der Waals surface area contributed by atoms with Gasteiger partial charge in [-0.2, -0.15) is 15.0 Å². The molecule has 110 valence electrons. The Morgan fingerprint density at radius 2 is 2.15 bits per heavy atom. The lowest BCUT2D eigenvalue weighted by molar-refractivity contribution is -0.123. The second kappa shape index (κ2) is 5.89. The summed E-state index contributed by atoms with van der Waals surface area (Å²) in [5.74, 6) is 1.63. The Morgan fingerprint density at radius 3 is 2.75 bits per heavy atom. The fraction of sp³-hybridized carbons (Fsp3) is 0.667. The summed E-state index contributed by atoms with van der Waals surface area (Å²) in [4.78, 5) is 28.8. The highest BCUT2D eigenvalue weighted by Crippen LogP contribution is 2.19. The normalized spacial score (nSPS) is 18.7. The van der Waals surface area contributed by atoms with E-state index in [9.17, 15) is 4.79 Å². The van der Waals surface area contributed by atoms with Crippen LogP contribution >= 0.6 is 0 Å². The zero-order valence-corrected chi connectivity index (χ0v) is 12.3. The second-order valence-electron chi connectivity index (χ2n) is 4.81. The van der Waals surface area contributed by atoms with Crippen molar-refractivity contribution in [3.8, 4) is 0 Å². The molecule has 2 heterocycles. The Kier molecular flexibility index (Phi) is 4.21. The Hall–Kier alpha value is -2.12. The second-order valence-corrected chi connectivity index (χ2v) is 4.81. The molecule has 1 aromatic heterocycles. The van der Waals surface area contributed by atoms with Crippen LogP contribution in [0.3, 0.4) is 0 Å². The van der Waals surface area contributed by atoms with Crippen LogP contribution < -0.4 is 20.4 Å². The lowest BCUT2D eigenvalue weighted by Crippen LogP contribution is -2.55. The molecule has 0 saturated carbocycles. The molecule has 0 spiro atoms. The number of anilines is 3. The average Bonchev–Trinajstić information content (AvgIpc) is 2.46. The molecule has 8 nitrogen and oxygen atoms in total. The molecule has 8 heteroatoms. The molecule has 1 amide bonds. The van der Waals surface area contributed by atoms with Gasteiger partial charge in [-0.15, -0.1) is 0 Å². The van der Waals surface area contributed by atoms with Crippen LogP contribution in [-0.2, 0) is 4.79 Å². The number of hydrogen-bond acceptors (Lipinski definition) is 7. The van der Waals surface area contributed by atoms with E-state index in [1.807, 2.05) is 30.8 Å². The van der Waals surface area contributed by atoms with Gasteiger partial charge in [-0.05, 0) is 6.42 Å². The number of piperazine rings is 1. The third kappa shape index (κ3) is 2.73. The molecule has 1 atom stereocenters.